The molecule has 1 unspecified atom stereocenters. The monoisotopic (exact) mass is 530 g/mol. The van der Waals surface area contributed by atoms with Gasteiger partial charge in [0, 0.05) is 20.2 Å². The SMILES string of the molecule is O=C(OCc1ccccc1)c1ccc(CCC2Cc3ccc4cc5c(ccc6ccsc65)cc4c3S2)cc1. The van der Waals surface area contributed by atoms with Gasteiger partial charge in [0.1, 0.15) is 6.61 Å². The molecule has 1 aliphatic heterocycles. The van der Waals surface area contributed by atoms with Gasteiger partial charge in [-0.15, -0.1) is 23.1 Å². The van der Waals surface area contributed by atoms with Crippen molar-refractivity contribution in [2.45, 2.75) is 36.0 Å². The Labute approximate surface area is 230 Å². The Hall–Kier alpha value is -3.60. The number of thioether (sulfide) groups is 1. The lowest BCUT2D eigenvalue weighted by molar-refractivity contribution is 0.0472. The van der Waals surface area contributed by atoms with E-state index in [2.05, 4.69) is 60.0 Å². The minimum Gasteiger partial charge on any atom is -0.457 e. The molecule has 6 aromatic rings. The summed E-state index contributed by atoms with van der Waals surface area (Å²) in [5.74, 6) is -0.276. The first-order valence-corrected chi connectivity index (χ1v) is 14.8. The van der Waals surface area contributed by atoms with Crippen LogP contribution in [0.5, 0.6) is 0 Å². The molecule has 2 nitrogen and oxygen atoms in total. The predicted molar refractivity (Wildman–Crippen MR) is 161 cm³/mol. The third-order valence-corrected chi connectivity index (χ3v) is 9.91. The summed E-state index contributed by atoms with van der Waals surface area (Å²) in [7, 11) is 0. The van der Waals surface area contributed by atoms with Gasteiger partial charge in [-0.3, -0.25) is 0 Å². The molecular formula is C34H26O2S2. The fourth-order valence-electron chi connectivity index (χ4n) is 5.45. The van der Waals surface area contributed by atoms with Crippen molar-refractivity contribution in [3.63, 3.8) is 0 Å². The van der Waals surface area contributed by atoms with E-state index in [1.807, 2.05) is 65.6 Å². The fraction of sp³-hybridized carbons (Fsp3) is 0.147. The Balaban J connectivity index is 1.02. The lowest BCUT2D eigenvalue weighted by Gasteiger charge is -2.10. The molecule has 0 fully saturated rings. The second-order valence-corrected chi connectivity index (χ2v) is 12.2. The van der Waals surface area contributed by atoms with E-state index < -0.39 is 0 Å². The molecule has 0 aliphatic carbocycles. The van der Waals surface area contributed by atoms with Crippen molar-refractivity contribution >= 4 is 60.7 Å². The van der Waals surface area contributed by atoms with Crippen LogP contribution >= 0.6 is 23.1 Å². The van der Waals surface area contributed by atoms with E-state index in [1.165, 1.54) is 47.7 Å². The first kappa shape index (κ1) is 23.5. The summed E-state index contributed by atoms with van der Waals surface area (Å²) < 4.78 is 6.85. The van der Waals surface area contributed by atoms with Crippen LogP contribution in [-0.4, -0.2) is 11.2 Å². The Bertz CT molecular complexity index is 1790. The zero-order valence-corrected chi connectivity index (χ0v) is 22.5. The molecule has 0 spiro atoms. The zero-order valence-electron chi connectivity index (χ0n) is 20.9. The maximum Gasteiger partial charge on any atom is 0.338 e. The number of aryl methyl sites for hydroxylation is 1. The van der Waals surface area contributed by atoms with Crippen LogP contribution in [0, 0.1) is 0 Å². The van der Waals surface area contributed by atoms with Gasteiger partial charge in [0.15, 0.2) is 0 Å². The average Bonchev–Trinajstić information content (AvgIpc) is 3.62. The number of carbonyl (C=O) groups excluding carboxylic acids is 1. The molecule has 4 heteroatoms. The van der Waals surface area contributed by atoms with Crippen LogP contribution in [0.15, 0.2) is 107 Å². The van der Waals surface area contributed by atoms with Gasteiger partial charge in [-0.1, -0.05) is 66.7 Å². The minimum absolute atomic E-state index is 0.276. The van der Waals surface area contributed by atoms with Gasteiger partial charge in [-0.2, -0.15) is 0 Å². The highest BCUT2D eigenvalue weighted by Crippen LogP contribution is 2.45. The molecule has 2 heterocycles. The highest BCUT2D eigenvalue weighted by molar-refractivity contribution is 8.00. The third kappa shape index (κ3) is 4.48. The summed E-state index contributed by atoms with van der Waals surface area (Å²) in [6.45, 7) is 0.295. The van der Waals surface area contributed by atoms with E-state index in [0.29, 0.717) is 17.4 Å². The van der Waals surface area contributed by atoms with Gasteiger partial charge in [-0.25, -0.2) is 4.79 Å². The van der Waals surface area contributed by atoms with Crippen LogP contribution in [-0.2, 0) is 24.2 Å². The van der Waals surface area contributed by atoms with E-state index in [0.717, 1.165) is 24.8 Å². The normalized spacial score (nSPS) is 14.8. The van der Waals surface area contributed by atoms with Crippen LogP contribution in [0.2, 0.25) is 0 Å². The van der Waals surface area contributed by atoms with E-state index in [-0.39, 0.29) is 5.97 Å². The fourth-order valence-corrected chi connectivity index (χ4v) is 7.81. The topological polar surface area (TPSA) is 26.3 Å². The molecule has 1 atom stereocenters. The summed E-state index contributed by atoms with van der Waals surface area (Å²) in [5, 5.41) is 9.49. The number of benzene rings is 5. The quantitative estimate of drug-likeness (QED) is 0.159. The van der Waals surface area contributed by atoms with Crippen LogP contribution in [0.25, 0.3) is 31.6 Å². The number of hydrogen-bond acceptors (Lipinski definition) is 4. The maximum absolute atomic E-state index is 12.4. The molecule has 186 valence electrons. The zero-order chi connectivity index (χ0) is 25.5. The second-order valence-electron chi connectivity index (χ2n) is 9.99. The van der Waals surface area contributed by atoms with Gasteiger partial charge in [-0.05, 0) is 93.2 Å². The highest BCUT2D eigenvalue weighted by Gasteiger charge is 2.24. The van der Waals surface area contributed by atoms with Crippen LogP contribution in [0.3, 0.4) is 0 Å². The van der Waals surface area contributed by atoms with E-state index in [1.54, 1.807) is 0 Å². The molecule has 0 saturated carbocycles. The lowest BCUT2D eigenvalue weighted by Crippen LogP contribution is -2.06. The molecule has 1 aromatic heterocycles. The number of hydrogen-bond donors (Lipinski definition) is 0. The van der Waals surface area contributed by atoms with Crippen LogP contribution in [0.1, 0.15) is 33.5 Å². The summed E-state index contributed by atoms with van der Waals surface area (Å²) in [4.78, 5) is 13.9. The molecule has 5 aromatic carbocycles. The molecule has 0 bridgehead atoms. The molecular weight excluding hydrogens is 505 g/mol. The first-order valence-electron chi connectivity index (χ1n) is 13.0. The van der Waals surface area contributed by atoms with Gasteiger partial charge in [0.05, 0.1) is 5.56 Å². The molecule has 38 heavy (non-hydrogen) atoms. The third-order valence-electron chi connectivity index (χ3n) is 7.49. The predicted octanol–water partition coefficient (Wildman–Crippen LogP) is 9.21. The van der Waals surface area contributed by atoms with Crippen molar-refractivity contribution < 1.29 is 9.53 Å². The second kappa shape index (κ2) is 9.94. The van der Waals surface area contributed by atoms with Gasteiger partial charge >= 0.3 is 5.97 Å². The Morgan fingerprint density at radius 1 is 0.789 bits per heavy atom. The number of fused-ring (bicyclic) bond motifs is 6. The highest BCUT2D eigenvalue weighted by atomic mass is 32.2. The Morgan fingerprint density at radius 3 is 2.42 bits per heavy atom. The van der Waals surface area contributed by atoms with E-state index in [4.69, 9.17) is 4.74 Å². The number of ether oxygens (including phenoxy) is 1. The number of carbonyl (C=O) groups is 1. The van der Waals surface area contributed by atoms with Crippen molar-refractivity contribution in [1.29, 1.82) is 0 Å². The smallest absolute Gasteiger partial charge is 0.338 e. The first-order chi connectivity index (χ1) is 18.7. The Kier molecular flexibility index (Phi) is 6.15. The van der Waals surface area contributed by atoms with Crippen LogP contribution in [0.4, 0.5) is 0 Å². The van der Waals surface area contributed by atoms with Crippen molar-refractivity contribution in [2.24, 2.45) is 0 Å². The molecule has 0 saturated heterocycles. The molecule has 0 amide bonds. The summed E-state index contributed by atoms with van der Waals surface area (Å²) in [5.41, 5.74) is 4.33. The van der Waals surface area contributed by atoms with E-state index in [9.17, 15) is 4.79 Å². The van der Waals surface area contributed by atoms with Crippen molar-refractivity contribution in [1.82, 2.24) is 0 Å². The lowest BCUT2D eigenvalue weighted by atomic mass is 9.98. The standard InChI is InChI=1S/C34H26O2S2/c35-34(36-21-23-4-2-1-3-5-23)25-9-6-22(7-10-25)8-15-29-18-28-14-13-27-19-30-26(20-31(27)33(28)38-29)12-11-24-16-17-37-32(24)30/h1-7,9-14,16-17,19-20,29H,8,15,18,21H2. The molecule has 0 radical (unpaired) electrons. The number of thiophene rings is 1. The largest absolute Gasteiger partial charge is 0.457 e. The van der Waals surface area contributed by atoms with Crippen molar-refractivity contribution in [3.05, 3.63) is 125 Å². The number of esters is 1. The summed E-state index contributed by atoms with van der Waals surface area (Å²) in [6, 6.07) is 33.8. The maximum atomic E-state index is 12.4. The van der Waals surface area contributed by atoms with Gasteiger partial charge in [0.25, 0.3) is 0 Å². The van der Waals surface area contributed by atoms with Crippen molar-refractivity contribution in [2.75, 3.05) is 0 Å². The van der Waals surface area contributed by atoms with Gasteiger partial charge < -0.3 is 4.74 Å². The van der Waals surface area contributed by atoms with Crippen LogP contribution < -0.4 is 0 Å². The summed E-state index contributed by atoms with van der Waals surface area (Å²) >= 11 is 3.87. The molecule has 1 aliphatic rings. The van der Waals surface area contributed by atoms with Crippen molar-refractivity contribution in [3.8, 4) is 0 Å². The molecule has 0 N–H and O–H groups in total. The molecule has 7 rings (SSSR count). The average molecular weight is 531 g/mol. The van der Waals surface area contributed by atoms with Gasteiger partial charge in [0.2, 0.25) is 0 Å². The number of rotatable bonds is 6. The Morgan fingerprint density at radius 2 is 1.55 bits per heavy atom. The summed E-state index contributed by atoms with van der Waals surface area (Å²) in [6.07, 6.45) is 3.23. The minimum atomic E-state index is -0.276. The van der Waals surface area contributed by atoms with E-state index >= 15 is 0 Å².